The molecule has 8 fully saturated rings. The number of hydrogen-bond acceptors (Lipinski definition) is 7. The topological polar surface area (TPSA) is 131 Å². The van der Waals surface area contributed by atoms with E-state index >= 15 is 4.39 Å². The fraction of sp³-hybridized carbons (Fsp3) is 0.488. The molecule has 3 saturated heterocycles. The maximum Gasteiger partial charge on any atom is 0.226 e. The number of aryl methyl sites for hydroxylation is 2. The molecule has 0 unspecified atom stereocenters. The van der Waals surface area contributed by atoms with Gasteiger partial charge in [-0.3, -0.25) is 4.79 Å². The van der Waals surface area contributed by atoms with Crippen molar-refractivity contribution in [3.8, 4) is 17.2 Å². The van der Waals surface area contributed by atoms with E-state index < -0.39 is 5.82 Å². The number of halogens is 3. The van der Waals surface area contributed by atoms with Crippen LogP contribution in [0.25, 0.3) is 32.9 Å². The highest BCUT2D eigenvalue weighted by Gasteiger charge is 2.67. The van der Waals surface area contributed by atoms with E-state index in [0.29, 0.717) is 52.4 Å². The number of fused-ring (bicyclic) bond motifs is 4. The molecule has 13 rings (SSSR count). The molecule has 3 N–H and O–H groups in total. The monoisotopic (exact) mass is 763 g/mol. The first-order valence-corrected chi connectivity index (χ1v) is 20.0. The number of nitrogens with two attached hydrogens (primary N) is 1. The van der Waals surface area contributed by atoms with Crippen molar-refractivity contribution in [1.82, 2.24) is 34.8 Å². The van der Waals surface area contributed by atoms with Crippen LogP contribution in [-0.4, -0.2) is 60.0 Å². The maximum atomic E-state index is 17.3. The van der Waals surface area contributed by atoms with E-state index in [1.54, 1.807) is 18.2 Å². The molecule has 5 aromatic rings. The number of nitrogens with zero attached hydrogens (tertiary/aromatic N) is 7. The molecular formula is C41H40Cl2FN9O. The van der Waals surface area contributed by atoms with Crippen LogP contribution in [0.4, 0.5) is 4.39 Å². The second-order valence-electron chi connectivity index (χ2n) is 17.2. The van der Waals surface area contributed by atoms with Gasteiger partial charge in [-0.05, 0) is 88.0 Å². The van der Waals surface area contributed by atoms with Crippen LogP contribution in [0, 0.1) is 35.9 Å². The van der Waals surface area contributed by atoms with Crippen molar-refractivity contribution in [2.75, 3.05) is 13.1 Å². The predicted octanol–water partition coefficient (Wildman–Crippen LogP) is 7.25. The van der Waals surface area contributed by atoms with Crippen molar-refractivity contribution >= 4 is 50.9 Å². The molecule has 3 aromatic heterocycles. The molecule has 1 amide bonds. The summed E-state index contributed by atoms with van der Waals surface area (Å²) in [6.07, 6.45) is 9.15. The van der Waals surface area contributed by atoms with Crippen LogP contribution < -0.4 is 11.1 Å². The van der Waals surface area contributed by atoms with Crippen LogP contribution in [-0.2, 0) is 16.6 Å². The van der Waals surface area contributed by atoms with Crippen molar-refractivity contribution in [3.63, 3.8) is 0 Å². The molecule has 3 aliphatic heterocycles. The van der Waals surface area contributed by atoms with Gasteiger partial charge >= 0.3 is 0 Å². The van der Waals surface area contributed by atoms with Gasteiger partial charge in [0.2, 0.25) is 5.91 Å². The summed E-state index contributed by atoms with van der Waals surface area (Å²) in [4.78, 5) is 21.2. The molecule has 13 heteroatoms. The number of pyridine rings is 1. The van der Waals surface area contributed by atoms with Crippen LogP contribution in [0.15, 0.2) is 36.5 Å². The number of benzene rings is 2. The molecule has 5 saturated carbocycles. The van der Waals surface area contributed by atoms with Gasteiger partial charge in [-0.25, -0.2) is 14.1 Å². The van der Waals surface area contributed by atoms with Crippen LogP contribution in [0.1, 0.15) is 92.1 Å². The molecular weight excluding hydrogens is 724 g/mol. The smallest absolute Gasteiger partial charge is 0.226 e. The summed E-state index contributed by atoms with van der Waals surface area (Å²) >= 11 is 13.2. The highest BCUT2D eigenvalue weighted by atomic mass is 35.5. The summed E-state index contributed by atoms with van der Waals surface area (Å²) < 4.78 is 21.7. The van der Waals surface area contributed by atoms with E-state index in [-0.39, 0.29) is 63.9 Å². The Hall–Kier alpha value is -4.08. The second kappa shape index (κ2) is 11.5. The standard InChI is InChI=1S/C41H40Cl2FN9O/c1-20-26-13-31(30-12-24(15-51(30)39(54)21-7-8-21)52-16-32(49-50-52)40-17-41(46,18-40)19-40)53(37-23-11-29(37)47-14-23)38(26)27-10-22(4-3-9-45)33(35(44)36(27)48-20)25-5-2-6-28(42)34(25)43/h2,5-6,10,13,16,21,23-24,29-30,37,47H,3-4,7-8,11-12,14-15,17-19,46H2,1H3/t23-,24+,29-,30-,37+,40?,41?/m1/s1. The minimum absolute atomic E-state index is 0.0284. The predicted molar refractivity (Wildman–Crippen MR) is 204 cm³/mol. The largest absolute Gasteiger partial charge is 0.337 e. The zero-order chi connectivity index (χ0) is 36.8. The highest BCUT2D eigenvalue weighted by Crippen LogP contribution is 2.66. The molecule has 276 valence electrons. The third-order valence-electron chi connectivity index (χ3n) is 13.8. The van der Waals surface area contributed by atoms with E-state index in [1.807, 2.05) is 17.7 Å². The van der Waals surface area contributed by atoms with E-state index in [0.717, 1.165) is 73.1 Å². The molecule has 6 heterocycles. The molecule has 5 aliphatic carbocycles. The summed E-state index contributed by atoms with van der Waals surface area (Å²) in [7, 11) is 0. The van der Waals surface area contributed by atoms with Crippen LogP contribution in [0.2, 0.25) is 10.0 Å². The van der Waals surface area contributed by atoms with Gasteiger partial charge in [0.1, 0.15) is 5.52 Å². The van der Waals surface area contributed by atoms with Crippen LogP contribution >= 0.6 is 23.2 Å². The number of likely N-dealkylation sites (tertiary alicyclic amines) is 1. The second-order valence-corrected chi connectivity index (χ2v) is 18.0. The van der Waals surface area contributed by atoms with Gasteiger partial charge in [-0.2, -0.15) is 5.26 Å². The summed E-state index contributed by atoms with van der Waals surface area (Å²) in [5.41, 5.74) is 11.9. The van der Waals surface area contributed by atoms with Crippen molar-refractivity contribution in [2.24, 2.45) is 17.6 Å². The van der Waals surface area contributed by atoms with Gasteiger partial charge in [-0.1, -0.05) is 40.5 Å². The van der Waals surface area contributed by atoms with Crippen LogP contribution in [0.3, 0.4) is 0 Å². The number of rotatable bonds is 8. The SMILES string of the molecule is Cc1nc2c(F)c(-c3cccc(Cl)c3Cl)c(CCC#N)cc2c2c1cc([C@H]1C[C@H](n3cc(C45CC(N)(C4)C5)nn3)CN1C(=O)C1CC1)n2[C@H]1[C@H]2CN[C@@H]1C2. The molecule has 0 spiro atoms. The van der Waals surface area contributed by atoms with Crippen molar-refractivity contribution in [3.05, 3.63) is 75.0 Å². The molecule has 4 bridgehead atoms. The first-order chi connectivity index (χ1) is 26.1. The average Bonchev–Trinajstić information content (AvgIpc) is 3.62. The third-order valence-corrected chi connectivity index (χ3v) is 14.6. The van der Waals surface area contributed by atoms with Crippen molar-refractivity contribution in [1.29, 1.82) is 5.26 Å². The lowest BCUT2D eigenvalue weighted by molar-refractivity contribution is -0.133. The molecule has 5 atom stereocenters. The summed E-state index contributed by atoms with van der Waals surface area (Å²) in [5.74, 6) is 0.195. The zero-order valence-corrected chi connectivity index (χ0v) is 31.5. The number of nitrogens with one attached hydrogen (secondary N) is 1. The number of aromatic nitrogens is 5. The van der Waals surface area contributed by atoms with Gasteiger partial charge < -0.3 is 20.5 Å². The lowest BCUT2D eigenvalue weighted by Gasteiger charge is -2.68. The van der Waals surface area contributed by atoms with E-state index in [1.165, 1.54) is 0 Å². The van der Waals surface area contributed by atoms with Gasteiger partial charge in [0, 0.05) is 81.9 Å². The first-order valence-electron chi connectivity index (χ1n) is 19.3. The minimum Gasteiger partial charge on any atom is -0.337 e. The Kier molecular flexibility index (Phi) is 7.07. The van der Waals surface area contributed by atoms with Crippen molar-refractivity contribution in [2.45, 2.75) is 99.8 Å². The maximum absolute atomic E-state index is 17.3. The fourth-order valence-electron chi connectivity index (χ4n) is 11.0. The zero-order valence-electron chi connectivity index (χ0n) is 30.0. The summed E-state index contributed by atoms with van der Waals surface area (Å²) in [5, 5.41) is 24.9. The molecule has 0 radical (unpaired) electrons. The lowest BCUT2D eigenvalue weighted by atomic mass is 9.39. The van der Waals surface area contributed by atoms with Gasteiger partial charge in [-0.15, -0.1) is 5.10 Å². The molecule has 54 heavy (non-hydrogen) atoms. The number of amides is 1. The quantitative estimate of drug-likeness (QED) is 0.170. The van der Waals surface area contributed by atoms with Crippen LogP contribution in [0.5, 0.6) is 0 Å². The van der Waals surface area contributed by atoms with Gasteiger partial charge in [0.05, 0.1) is 45.5 Å². The number of carbonyl (C=O) groups excluding carboxylic acids is 1. The van der Waals surface area contributed by atoms with Gasteiger partial charge in [0.25, 0.3) is 0 Å². The van der Waals surface area contributed by atoms with Gasteiger partial charge in [0.15, 0.2) is 5.82 Å². The molecule has 10 nitrogen and oxygen atoms in total. The first kappa shape index (κ1) is 33.3. The summed E-state index contributed by atoms with van der Waals surface area (Å²) in [6, 6.07) is 11.9. The Labute approximate surface area is 321 Å². The Morgan fingerprint density at radius 3 is 2.69 bits per heavy atom. The third kappa shape index (κ3) is 4.63. The summed E-state index contributed by atoms with van der Waals surface area (Å²) in [6.45, 7) is 3.42. The Balaban J connectivity index is 1.09. The molecule has 8 aliphatic rings. The van der Waals surface area contributed by atoms with E-state index in [2.05, 4.69) is 43.4 Å². The van der Waals surface area contributed by atoms with Crippen molar-refractivity contribution < 1.29 is 9.18 Å². The van der Waals surface area contributed by atoms with E-state index in [4.69, 9.17) is 33.9 Å². The number of hydrogen-bond donors (Lipinski definition) is 2. The van der Waals surface area contributed by atoms with E-state index in [9.17, 15) is 10.1 Å². The number of nitriles is 1. The number of carbonyl (C=O) groups is 1. The Morgan fingerprint density at radius 1 is 1.17 bits per heavy atom. The Morgan fingerprint density at radius 2 is 1.98 bits per heavy atom. The average molecular weight is 765 g/mol. The highest BCUT2D eigenvalue weighted by molar-refractivity contribution is 6.43. The normalized spacial score (nSPS) is 30.7. The Bertz CT molecular complexity index is 2470. The molecule has 2 aromatic carbocycles. The minimum atomic E-state index is -0.476. The fourth-order valence-corrected chi connectivity index (χ4v) is 11.4. The lowest BCUT2D eigenvalue weighted by Crippen LogP contribution is -2.74.